The van der Waals surface area contributed by atoms with Crippen molar-refractivity contribution in [2.45, 2.75) is 40.3 Å². The summed E-state index contributed by atoms with van der Waals surface area (Å²) in [5, 5.41) is 8.43. The Bertz CT molecular complexity index is 406. The Balaban J connectivity index is 1.99. The molecule has 1 unspecified atom stereocenters. The summed E-state index contributed by atoms with van der Waals surface area (Å²) in [6.45, 7) is 9.01. The second-order valence-corrected chi connectivity index (χ2v) is 5.74. The lowest BCUT2D eigenvalue weighted by molar-refractivity contribution is 0.392. The van der Waals surface area contributed by atoms with E-state index in [-0.39, 0.29) is 0 Å². The minimum Gasteiger partial charge on any atom is -0.361 e. The monoisotopic (exact) mass is 253 g/mol. The van der Waals surface area contributed by atoms with Gasteiger partial charge in [0.25, 0.3) is 0 Å². The third-order valence-corrected chi connectivity index (χ3v) is 4.12. The van der Waals surface area contributed by atoms with Crippen molar-refractivity contribution in [3.63, 3.8) is 0 Å². The summed E-state index contributed by atoms with van der Waals surface area (Å²) >= 11 is 1.80. The first kappa shape index (κ1) is 12.5. The number of nitrogens with zero attached hydrogens (tertiary/aromatic N) is 2. The lowest BCUT2D eigenvalue weighted by atomic mass is 10.1. The van der Waals surface area contributed by atoms with Crippen molar-refractivity contribution in [3.8, 4) is 0 Å². The van der Waals surface area contributed by atoms with E-state index in [1.807, 2.05) is 13.8 Å². The van der Waals surface area contributed by atoms with Gasteiger partial charge in [-0.25, -0.2) is 0 Å². The van der Waals surface area contributed by atoms with Gasteiger partial charge in [0.05, 0.1) is 12.2 Å². The molecule has 1 aromatic rings. The van der Waals surface area contributed by atoms with Crippen LogP contribution in [0.1, 0.15) is 30.9 Å². The number of rotatable bonds is 3. The molecule has 1 saturated heterocycles. The molecule has 1 aliphatic rings. The Morgan fingerprint density at radius 1 is 1.53 bits per heavy atom. The van der Waals surface area contributed by atoms with Crippen LogP contribution in [0.5, 0.6) is 0 Å². The number of aryl methyl sites for hydroxylation is 2. The van der Waals surface area contributed by atoms with Gasteiger partial charge in [0.1, 0.15) is 5.76 Å². The van der Waals surface area contributed by atoms with Gasteiger partial charge in [-0.3, -0.25) is 4.99 Å². The van der Waals surface area contributed by atoms with E-state index >= 15 is 0 Å². The molecule has 1 aliphatic heterocycles. The van der Waals surface area contributed by atoms with E-state index in [0.717, 1.165) is 27.9 Å². The normalized spacial score (nSPS) is 22.4. The smallest absolute Gasteiger partial charge is 0.157 e. The molecule has 94 valence electrons. The van der Waals surface area contributed by atoms with Crippen LogP contribution in [0, 0.1) is 19.8 Å². The molecule has 1 aromatic heterocycles. The molecular formula is C12H19N3OS. The Kier molecular flexibility index (Phi) is 3.76. The predicted molar refractivity (Wildman–Crippen MR) is 71.3 cm³/mol. The second kappa shape index (κ2) is 5.12. The summed E-state index contributed by atoms with van der Waals surface area (Å²) in [5.41, 5.74) is 2.04. The Labute approximate surface area is 106 Å². The largest absolute Gasteiger partial charge is 0.361 e. The Morgan fingerprint density at radius 2 is 2.29 bits per heavy atom. The number of hydrogen-bond acceptors (Lipinski definition) is 4. The van der Waals surface area contributed by atoms with Crippen LogP contribution in [-0.4, -0.2) is 22.1 Å². The molecule has 0 spiro atoms. The highest BCUT2D eigenvalue weighted by Crippen LogP contribution is 2.20. The molecule has 0 amide bonds. The number of aromatic nitrogens is 1. The summed E-state index contributed by atoms with van der Waals surface area (Å²) in [4.78, 5) is 4.59. The van der Waals surface area contributed by atoms with Crippen LogP contribution in [0.2, 0.25) is 0 Å². The minimum absolute atomic E-state index is 0.545. The quantitative estimate of drug-likeness (QED) is 0.899. The zero-order valence-corrected chi connectivity index (χ0v) is 11.6. The van der Waals surface area contributed by atoms with Crippen molar-refractivity contribution in [1.82, 2.24) is 10.5 Å². The molecule has 0 aliphatic carbocycles. The van der Waals surface area contributed by atoms with Gasteiger partial charge in [-0.15, -0.1) is 0 Å². The molecule has 2 heterocycles. The highest BCUT2D eigenvalue weighted by Gasteiger charge is 2.22. The standard InChI is InChI=1S/C12H19N3OS/c1-7(2)11-6-17-12(14-11)13-5-10-8(3)15-16-9(10)4/h7,11H,5-6H2,1-4H3,(H,13,14). The van der Waals surface area contributed by atoms with Crippen LogP contribution in [0.3, 0.4) is 0 Å². The first-order valence-electron chi connectivity index (χ1n) is 5.93. The maximum atomic E-state index is 5.12. The molecule has 0 saturated carbocycles. The van der Waals surface area contributed by atoms with E-state index in [1.165, 1.54) is 0 Å². The van der Waals surface area contributed by atoms with Crippen LogP contribution in [0.25, 0.3) is 0 Å². The maximum absolute atomic E-state index is 5.12. The molecule has 2 rings (SSSR count). The second-order valence-electron chi connectivity index (χ2n) is 4.73. The van der Waals surface area contributed by atoms with Gasteiger partial charge in [0, 0.05) is 17.4 Å². The predicted octanol–water partition coefficient (Wildman–Crippen LogP) is 2.51. The molecule has 0 aromatic carbocycles. The summed E-state index contributed by atoms with van der Waals surface area (Å²) in [5.74, 6) is 2.63. The molecule has 1 fully saturated rings. The van der Waals surface area contributed by atoms with Gasteiger partial charge in [0.2, 0.25) is 0 Å². The third kappa shape index (κ3) is 2.83. The number of amidine groups is 1. The minimum atomic E-state index is 0.545. The summed E-state index contributed by atoms with van der Waals surface area (Å²) in [6.07, 6.45) is 0. The third-order valence-electron chi connectivity index (χ3n) is 3.08. The zero-order valence-electron chi connectivity index (χ0n) is 10.8. The zero-order chi connectivity index (χ0) is 12.4. The van der Waals surface area contributed by atoms with Gasteiger partial charge >= 0.3 is 0 Å². The Morgan fingerprint density at radius 3 is 2.82 bits per heavy atom. The molecular weight excluding hydrogens is 234 g/mol. The highest BCUT2D eigenvalue weighted by atomic mass is 32.2. The number of thioether (sulfide) groups is 1. The topological polar surface area (TPSA) is 50.4 Å². The first-order valence-corrected chi connectivity index (χ1v) is 6.92. The van der Waals surface area contributed by atoms with E-state index in [2.05, 4.69) is 29.3 Å². The summed E-state index contributed by atoms with van der Waals surface area (Å²) in [7, 11) is 0. The number of nitrogens with one attached hydrogen (secondary N) is 1. The van der Waals surface area contributed by atoms with Crippen molar-refractivity contribution in [2.75, 3.05) is 5.75 Å². The van der Waals surface area contributed by atoms with Crippen LogP contribution < -0.4 is 5.32 Å². The molecule has 1 N–H and O–H groups in total. The summed E-state index contributed by atoms with van der Waals surface area (Å²) in [6, 6.07) is 0.545. The fourth-order valence-electron chi connectivity index (χ4n) is 1.74. The molecule has 0 bridgehead atoms. The van der Waals surface area contributed by atoms with Crippen LogP contribution in [-0.2, 0) is 6.54 Å². The molecule has 5 heteroatoms. The number of hydrogen-bond donors (Lipinski definition) is 1. The molecule has 17 heavy (non-hydrogen) atoms. The van der Waals surface area contributed by atoms with Gasteiger partial charge in [-0.05, 0) is 19.8 Å². The average Bonchev–Trinajstić information content (AvgIpc) is 2.85. The molecule has 0 radical (unpaired) electrons. The SMILES string of the molecule is Cc1noc(C)c1CN=C1NC(C(C)C)CS1. The summed E-state index contributed by atoms with van der Waals surface area (Å²) < 4.78 is 5.12. The van der Waals surface area contributed by atoms with E-state index in [0.29, 0.717) is 18.5 Å². The number of aliphatic imine (C=N–C) groups is 1. The lowest BCUT2D eigenvalue weighted by Gasteiger charge is -2.13. The van der Waals surface area contributed by atoms with E-state index in [4.69, 9.17) is 4.52 Å². The van der Waals surface area contributed by atoms with Crippen molar-refractivity contribution in [1.29, 1.82) is 0 Å². The molecule has 1 atom stereocenters. The van der Waals surface area contributed by atoms with E-state index in [9.17, 15) is 0 Å². The Hall–Kier alpha value is -0.970. The van der Waals surface area contributed by atoms with Crippen molar-refractivity contribution in [3.05, 3.63) is 17.0 Å². The van der Waals surface area contributed by atoms with Crippen LogP contribution in [0.15, 0.2) is 9.52 Å². The van der Waals surface area contributed by atoms with Gasteiger partial charge in [0.15, 0.2) is 5.17 Å². The van der Waals surface area contributed by atoms with E-state index in [1.54, 1.807) is 11.8 Å². The van der Waals surface area contributed by atoms with Crippen LogP contribution in [0.4, 0.5) is 0 Å². The highest BCUT2D eigenvalue weighted by molar-refractivity contribution is 8.14. The average molecular weight is 253 g/mol. The van der Waals surface area contributed by atoms with Crippen molar-refractivity contribution < 1.29 is 4.52 Å². The van der Waals surface area contributed by atoms with Gasteiger partial charge < -0.3 is 9.84 Å². The fraction of sp³-hybridized carbons (Fsp3) is 0.667. The fourth-order valence-corrected chi connectivity index (χ4v) is 2.94. The molecule has 4 nitrogen and oxygen atoms in total. The lowest BCUT2D eigenvalue weighted by Crippen LogP contribution is -2.31. The van der Waals surface area contributed by atoms with Gasteiger partial charge in [-0.2, -0.15) is 0 Å². The maximum Gasteiger partial charge on any atom is 0.157 e. The first-order chi connectivity index (χ1) is 8.08. The van der Waals surface area contributed by atoms with Gasteiger partial charge in [-0.1, -0.05) is 30.8 Å². The van der Waals surface area contributed by atoms with E-state index < -0.39 is 0 Å². The van der Waals surface area contributed by atoms with Crippen molar-refractivity contribution in [2.24, 2.45) is 10.9 Å². The van der Waals surface area contributed by atoms with Crippen molar-refractivity contribution >= 4 is 16.9 Å². The van der Waals surface area contributed by atoms with Crippen LogP contribution >= 0.6 is 11.8 Å².